The molecule has 0 aliphatic heterocycles. The van der Waals surface area contributed by atoms with Gasteiger partial charge in [-0.15, -0.1) is 5.10 Å². The summed E-state index contributed by atoms with van der Waals surface area (Å²) in [5.74, 6) is -0.592. The number of hydrogen-bond acceptors (Lipinski definition) is 6. The van der Waals surface area contributed by atoms with E-state index in [-0.39, 0.29) is 17.4 Å². The Morgan fingerprint density at radius 3 is 2.95 bits per heavy atom. The van der Waals surface area contributed by atoms with Crippen molar-refractivity contribution in [3.05, 3.63) is 22.5 Å². The number of fused-ring (bicyclic) bond motifs is 1. The SMILES string of the molecule is CCCC(C)OC(=O)c1ncn2c(=O)n(C)nnc12. The number of ether oxygens (including phenoxy) is 1. The Labute approximate surface area is 109 Å². The molecule has 2 aromatic heterocycles. The molecule has 0 radical (unpaired) electrons. The normalized spacial score (nSPS) is 12.6. The van der Waals surface area contributed by atoms with Crippen LogP contribution in [0, 0.1) is 0 Å². The van der Waals surface area contributed by atoms with Crippen LogP contribution in [-0.2, 0) is 11.8 Å². The zero-order valence-electron chi connectivity index (χ0n) is 11.0. The van der Waals surface area contributed by atoms with Crippen LogP contribution in [0.1, 0.15) is 37.2 Å². The molecule has 19 heavy (non-hydrogen) atoms. The van der Waals surface area contributed by atoms with Gasteiger partial charge >= 0.3 is 11.7 Å². The van der Waals surface area contributed by atoms with E-state index in [1.54, 1.807) is 0 Å². The lowest BCUT2D eigenvalue weighted by Crippen LogP contribution is -2.27. The first-order valence-corrected chi connectivity index (χ1v) is 6.02. The maximum absolute atomic E-state index is 11.9. The molecule has 0 aliphatic carbocycles. The molecule has 1 unspecified atom stereocenters. The fourth-order valence-corrected chi connectivity index (χ4v) is 1.73. The van der Waals surface area contributed by atoms with Gasteiger partial charge < -0.3 is 4.74 Å². The monoisotopic (exact) mass is 265 g/mol. The Morgan fingerprint density at radius 1 is 1.53 bits per heavy atom. The minimum Gasteiger partial charge on any atom is -0.458 e. The highest BCUT2D eigenvalue weighted by Gasteiger charge is 2.20. The lowest BCUT2D eigenvalue weighted by molar-refractivity contribution is 0.0319. The Balaban J connectivity index is 2.34. The smallest absolute Gasteiger partial charge is 0.361 e. The standard InChI is InChI=1S/C11H15N5O3/c1-4-5-7(2)19-10(17)8-9-13-14-15(3)11(18)16(9)6-12-8/h6-7H,4-5H2,1-3H3. The number of esters is 1. The van der Waals surface area contributed by atoms with Gasteiger partial charge in [-0.1, -0.05) is 18.6 Å². The summed E-state index contributed by atoms with van der Waals surface area (Å²) in [6.45, 7) is 3.82. The second-order valence-electron chi connectivity index (χ2n) is 4.29. The Hall–Kier alpha value is -2.25. The summed E-state index contributed by atoms with van der Waals surface area (Å²) in [5, 5.41) is 7.41. The summed E-state index contributed by atoms with van der Waals surface area (Å²) in [6, 6.07) is 0. The van der Waals surface area contributed by atoms with Gasteiger partial charge in [-0.3, -0.25) is 0 Å². The number of carbonyl (C=O) groups excluding carboxylic acids is 1. The van der Waals surface area contributed by atoms with E-state index in [9.17, 15) is 9.59 Å². The molecule has 2 rings (SSSR count). The van der Waals surface area contributed by atoms with Gasteiger partial charge in [0.15, 0.2) is 11.3 Å². The topological polar surface area (TPSA) is 91.4 Å². The highest BCUT2D eigenvalue weighted by atomic mass is 16.5. The zero-order chi connectivity index (χ0) is 14.0. The largest absolute Gasteiger partial charge is 0.458 e. The predicted octanol–water partition coefficient (Wildman–Crippen LogP) is 0.168. The minimum atomic E-state index is -0.592. The average molecular weight is 265 g/mol. The van der Waals surface area contributed by atoms with Gasteiger partial charge in [-0.2, -0.15) is 4.68 Å². The summed E-state index contributed by atoms with van der Waals surface area (Å²) < 4.78 is 7.44. The van der Waals surface area contributed by atoms with E-state index in [1.165, 1.54) is 13.4 Å². The van der Waals surface area contributed by atoms with Gasteiger partial charge in [0.2, 0.25) is 0 Å². The third kappa shape index (κ3) is 2.47. The highest BCUT2D eigenvalue weighted by Crippen LogP contribution is 2.09. The molecule has 0 bridgehead atoms. The number of carbonyl (C=O) groups is 1. The minimum absolute atomic E-state index is 0.00755. The Morgan fingerprint density at radius 2 is 2.26 bits per heavy atom. The molecule has 2 heterocycles. The zero-order valence-corrected chi connectivity index (χ0v) is 11.0. The fourth-order valence-electron chi connectivity index (χ4n) is 1.73. The molecular formula is C11H15N5O3. The molecule has 2 aromatic rings. The van der Waals surface area contributed by atoms with E-state index in [2.05, 4.69) is 15.3 Å². The summed E-state index contributed by atoms with van der Waals surface area (Å²) in [6.07, 6.45) is 2.73. The highest BCUT2D eigenvalue weighted by molar-refractivity contribution is 5.93. The molecule has 1 atom stereocenters. The maximum Gasteiger partial charge on any atom is 0.361 e. The van der Waals surface area contributed by atoms with Crippen LogP contribution in [0.2, 0.25) is 0 Å². The van der Waals surface area contributed by atoms with E-state index in [0.717, 1.165) is 21.9 Å². The number of rotatable bonds is 4. The number of aryl methyl sites for hydroxylation is 1. The molecular weight excluding hydrogens is 250 g/mol. The first-order valence-electron chi connectivity index (χ1n) is 6.02. The molecule has 8 heteroatoms. The van der Waals surface area contributed by atoms with Crippen LogP contribution in [-0.4, -0.2) is 36.5 Å². The van der Waals surface area contributed by atoms with Crippen molar-refractivity contribution in [3.63, 3.8) is 0 Å². The number of aromatic nitrogens is 5. The second kappa shape index (κ2) is 5.17. The van der Waals surface area contributed by atoms with E-state index in [0.29, 0.717) is 0 Å². The number of imidazole rings is 1. The summed E-state index contributed by atoms with van der Waals surface area (Å²) in [7, 11) is 1.47. The van der Waals surface area contributed by atoms with Crippen LogP contribution in [0.3, 0.4) is 0 Å². The van der Waals surface area contributed by atoms with Crippen LogP contribution in [0.25, 0.3) is 5.65 Å². The lowest BCUT2D eigenvalue weighted by atomic mass is 10.2. The van der Waals surface area contributed by atoms with Gasteiger partial charge in [0.05, 0.1) is 6.10 Å². The van der Waals surface area contributed by atoms with Gasteiger partial charge in [0.1, 0.15) is 6.33 Å². The Kier molecular flexibility index (Phi) is 3.59. The number of hydrogen-bond donors (Lipinski definition) is 0. The van der Waals surface area contributed by atoms with Crippen molar-refractivity contribution >= 4 is 11.6 Å². The molecule has 0 aromatic carbocycles. The van der Waals surface area contributed by atoms with Crippen LogP contribution in [0.15, 0.2) is 11.1 Å². The molecule has 0 saturated carbocycles. The Bertz CT molecular complexity index is 660. The van der Waals surface area contributed by atoms with Gasteiger partial charge in [-0.25, -0.2) is 19.0 Å². The van der Waals surface area contributed by atoms with Gasteiger partial charge in [0.25, 0.3) is 0 Å². The third-order valence-electron chi connectivity index (χ3n) is 2.70. The lowest BCUT2D eigenvalue weighted by Gasteiger charge is -2.10. The predicted molar refractivity (Wildman–Crippen MR) is 65.8 cm³/mol. The van der Waals surface area contributed by atoms with E-state index < -0.39 is 11.7 Å². The maximum atomic E-state index is 11.9. The second-order valence-corrected chi connectivity index (χ2v) is 4.29. The van der Waals surface area contributed by atoms with Gasteiger partial charge in [-0.05, 0) is 13.3 Å². The van der Waals surface area contributed by atoms with Crippen LogP contribution < -0.4 is 5.69 Å². The molecule has 0 aliphatic rings. The van der Waals surface area contributed by atoms with Crippen molar-refractivity contribution in [2.45, 2.75) is 32.8 Å². The first-order chi connectivity index (χ1) is 9.04. The first kappa shape index (κ1) is 13.2. The summed E-state index contributed by atoms with van der Waals surface area (Å²) >= 11 is 0. The molecule has 0 N–H and O–H groups in total. The van der Waals surface area contributed by atoms with E-state index >= 15 is 0 Å². The molecule has 0 fully saturated rings. The van der Waals surface area contributed by atoms with Crippen molar-refractivity contribution in [2.24, 2.45) is 7.05 Å². The molecule has 102 valence electrons. The van der Waals surface area contributed by atoms with Crippen LogP contribution in [0.5, 0.6) is 0 Å². The molecule has 0 saturated heterocycles. The van der Waals surface area contributed by atoms with E-state index in [1.807, 2.05) is 13.8 Å². The van der Waals surface area contributed by atoms with Crippen LogP contribution in [0.4, 0.5) is 0 Å². The van der Waals surface area contributed by atoms with Gasteiger partial charge in [0, 0.05) is 7.05 Å². The molecule has 0 amide bonds. The van der Waals surface area contributed by atoms with Crippen molar-refractivity contribution < 1.29 is 9.53 Å². The summed E-state index contributed by atoms with van der Waals surface area (Å²) in [5.41, 5.74) is -0.303. The van der Waals surface area contributed by atoms with Crippen molar-refractivity contribution in [1.82, 2.24) is 24.4 Å². The third-order valence-corrected chi connectivity index (χ3v) is 2.70. The van der Waals surface area contributed by atoms with Crippen molar-refractivity contribution in [1.29, 1.82) is 0 Å². The van der Waals surface area contributed by atoms with Crippen LogP contribution >= 0.6 is 0 Å². The van der Waals surface area contributed by atoms with Crippen molar-refractivity contribution in [2.75, 3.05) is 0 Å². The molecule has 0 spiro atoms. The fraction of sp³-hybridized carbons (Fsp3) is 0.545. The quantitative estimate of drug-likeness (QED) is 0.732. The van der Waals surface area contributed by atoms with E-state index in [4.69, 9.17) is 4.74 Å². The number of nitrogens with zero attached hydrogens (tertiary/aromatic N) is 5. The van der Waals surface area contributed by atoms with Crippen molar-refractivity contribution in [3.8, 4) is 0 Å². The summed E-state index contributed by atoms with van der Waals surface area (Å²) in [4.78, 5) is 27.5. The molecule has 8 nitrogen and oxygen atoms in total. The average Bonchev–Trinajstić information content (AvgIpc) is 2.78.